The molecule has 0 aromatic heterocycles. The van der Waals surface area contributed by atoms with Crippen LogP contribution in [0.5, 0.6) is 5.75 Å². The number of hydrogen-bond donors (Lipinski definition) is 0. The predicted molar refractivity (Wildman–Crippen MR) is 123 cm³/mol. The SMILES string of the molecule is COc1ccc(C(=O)COC(=O)c2cccc(N3C(=O)[C@@H]4CC[C@H](C)C[C@H]4C3=O)c2)cc1[N+](=O)[O-]. The number of fused-ring (bicyclic) bond motifs is 1. The molecule has 0 unspecified atom stereocenters. The number of ketones is 1. The number of ether oxygens (including phenoxy) is 2. The van der Waals surface area contributed by atoms with Crippen LogP contribution in [0.25, 0.3) is 0 Å². The van der Waals surface area contributed by atoms with Gasteiger partial charge in [-0.3, -0.25) is 29.4 Å². The minimum absolute atomic E-state index is 0.000618. The van der Waals surface area contributed by atoms with Crippen LogP contribution < -0.4 is 9.64 Å². The van der Waals surface area contributed by atoms with Gasteiger partial charge in [-0.2, -0.15) is 0 Å². The molecule has 10 heteroatoms. The predicted octanol–water partition coefficient (Wildman–Crippen LogP) is 3.57. The van der Waals surface area contributed by atoms with Crippen molar-refractivity contribution in [2.45, 2.75) is 26.2 Å². The number of nitro groups is 1. The number of esters is 1. The summed E-state index contributed by atoms with van der Waals surface area (Å²) in [6, 6.07) is 9.64. The maximum atomic E-state index is 13.0. The zero-order chi connectivity index (χ0) is 25.3. The van der Waals surface area contributed by atoms with Gasteiger partial charge in [-0.15, -0.1) is 0 Å². The van der Waals surface area contributed by atoms with Crippen LogP contribution >= 0.6 is 0 Å². The molecule has 0 radical (unpaired) electrons. The van der Waals surface area contributed by atoms with Crippen LogP contribution in [0, 0.1) is 27.9 Å². The maximum Gasteiger partial charge on any atom is 0.338 e. The van der Waals surface area contributed by atoms with Crippen LogP contribution in [-0.4, -0.2) is 42.2 Å². The average molecular weight is 480 g/mol. The molecule has 1 saturated heterocycles. The number of carbonyl (C=O) groups is 4. The standard InChI is InChI=1S/C25H24N2O8/c1-14-6-8-18-19(10-14)24(30)26(23(18)29)17-5-3-4-16(11-17)25(31)35-13-21(28)15-7-9-22(34-2)20(12-15)27(32)33/h3-5,7,9,11-12,14,18-19H,6,8,10,13H2,1-2H3/t14-,18+,19+/m0/s1. The largest absolute Gasteiger partial charge is 0.490 e. The summed E-state index contributed by atoms with van der Waals surface area (Å²) in [5.41, 5.74) is -0.0371. The van der Waals surface area contributed by atoms with Crippen molar-refractivity contribution in [3.63, 3.8) is 0 Å². The highest BCUT2D eigenvalue weighted by Crippen LogP contribution is 2.42. The van der Waals surface area contributed by atoms with E-state index in [0.29, 0.717) is 18.8 Å². The Kier molecular flexibility index (Phi) is 6.63. The summed E-state index contributed by atoms with van der Waals surface area (Å²) < 4.78 is 10.0. The summed E-state index contributed by atoms with van der Waals surface area (Å²) in [5, 5.41) is 11.2. The molecule has 2 aromatic carbocycles. The molecule has 3 atom stereocenters. The van der Waals surface area contributed by atoms with Crippen molar-refractivity contribution < 1.29 is 33.6 Å². The van der Waals surface area contributed by atoms with Gasteiger partial charge in [0.1, 0.15) is 0 Å². The van der Waals surface area contributed by atoms with Gasteiger partial charge in [0.25, 0.3) is 0 Å². The van der Waals surface area contributed by atoms with E-state index in [9.17, 15) is 29.3 Å². The highest BCUT2D eigenvalue weighted by atomic mass is 16.6. The van der Waals surface area contributed by atoms with E-state index in [2.05, 4.69) is 6.92 Å². The van der Waals surface area contributed by atoms with Crippen LogP contribution in [0.15, 0.2) is 42.5 Å². The number of anilines is 1. The molecule has 2 aliphatic rings. The summed E-state index contributed by atoms with van der Waals surface area (Å²) in [5.74, 6) is -2.27. The minimum Gasteiger partial charge on any atom is -0.490 e. The summed E-state index contributed by atoms with van der Waals surface area (Å²) >= 11 is 0. The Morgan fingerprint density at radius 1 is 1.06 bits per heavy atom. The van der Waals surface area contributed by atoms with E-state index in [-0.39, 0.29) is 51.9 Å². The molecule has 0 spiro atoms. The Morgan fingerprint density at radius 2 is 1.80 bits per heavy atom. The van der Waals surface area contributed by atoms with E-state index in [1.807, 2.05) is 0 Å². The quantitative estimate of drug-likeness (QED) is 0.193. The van der Waals surface area contributed by atoms with Gasteiger partial charge in [0.2, 0.25) is 17.6 Å². The van der Waals surface area contributed by atoms with E-state index in [4.69, 9.17) is 9.47 Å². The first kappa shape index (κ1) is 24.1. The van der Waals surface area contributed by atoms with Gasteiger partial charge in [-0.25, -0.2) is 4.79 Å². The molecule has 4 rings (SSSR count). The number of Topliss-reactive ketones (excluding diaryl/α,β-unsaturated/α-hetero) is 1. The normalized spacial score (nSPS) is 21.4. The lowest BCUT2D eigenvalue weighted by atomic mass is 9.76. The summed E-state index contributed by atoms with van der Waals surface area (Å²) in [4.78, 5) is 62.6. The summed E-state index contributed by atoms with van der Waals surface area (Å²) in [7, 11) is 1.28. The summed E-state index contributed by atoms with van der Waals surface area (Å²) in [6.07, 6.45) is 2.23. The molecule has 2 amide bonds. The molecular weight excluding hydrogens is 456 g/mol. The van der Waals surface area contributed by atoms with Crippen molar-refractivity contribution in [2.75, 3.05) is 18.6 Å². The van der Waals surface area contributed by atoms with Gasteiger partial charge in [0.15, 0.2) is 12.4 Å². The maximum absolute atomic E-state index is 13.0. The Labute approximate surface area is 201 Å². The van der Waals surface area contributed by atoms with E-state index in [1.54, 1.807) is 6.07 Å². The Hall–Kier alpha value is -4.08. The van der Waals surface area contributed by atoms with Crippen molar-refractivity contribution in [3.8, 4) is 5.75 Å². The molecule has 182 valence electrons. The van der Waals surface area contributed by atoms with E-state index in [1.165, 1.54) is 37.4 Å². The topological polar surface area (TPSA) is 133 Å². The zero-order valence-corrected chi connectivity index (χ0v) is 19.3. The third kappa shape index (κ3) is 4.64. The molecule has 2 fully saturated rings. The highest BCUT2D eigenvalue weighted by molar-refractivity contribution is 6.22. The fourth-order valence-corrected chi connectivity index (χ4v) is 4.72. The second-order valence-corrected chi connectivity index (χ2v) is 8.84. The van der Waals surface area contributed by atoms with Gasteiger partial charge in [0, 0.05) is 11.6 Å². The molecule has 1 aliphatic heterocycles. The number of methoxy groups -OCH3 is 1. The van der Waals surface area contributed by atoms with E-state index >= 15 is 0 Å². The second kappa shape index (κ2) is 9.65. The molecule has 10 nitrogen and oxygen atoms in total. The first-order chi connectivity index (χ1) is 16.7. The van der Waals surface area contributed by atoms with Gasteiger partial charge in [-0.1, -0.05) is 13.0 Å². The number of imide groups is 1. The van der Waals surface area contributed by atoms with Crippen molar-refractivity contribution >= 4 is 34.9 Å². The zero-order valence-electron chi connectivity index (χ0n) is 19.3. The third-order valence-corrected chi connectivity index (χ3v) is 6.56. The molecule has 1 heterocycles. The molecule has 2 aromatic rings. The van der Waals surface area contributed by atoms with E-state index in [0.717, 1.165) is 17.4 Å². The first-order valence-corrected chi connectivity index (χ1v) is 11.2. The Bertz CT molecular complexity index is 1220. The lowest BCUT2D eigenvalue weighted by Crippen LogP contribution is -2.31. The number of benzene rings is 2. The van der Waals surface area contributed by atoms with Gasteiger partial charge in [-0.05, 0) is 55.5 Å². The smallest absolute Gasteiger partial charge is 0.338 e. The third-order valence-electron chi connectivity index (χ3n) is 6.56. The number of carbonyl (C=O) groups excluding carboxylic acids is 4. The molecule has 35 heavy (non-hydrogen) atoms. The number of rotatable bonds is 7. The fraction of sp³-hybridized carbons (Fsp3) is 0.360. The van der Waals surface area contributed by atoms with E-state index < -0.39 is 23.3 Å². The number of nitrogens with zero attached hydrogens (tertiary/aromatic N) is 2. The van der Waals surface area contributed by atoms with Crippen LogP contribution in [0.1, 0.15) is 46.9 Å². The van der Waals surface area contributed by atoms with Gasteiger partial charge < -0.3 is 9.47 Å². The van der Waals surface area contributed by atoms with Crippen molar-refractivity contribution in [3.05, 3.63) is 63.7 Å². The molecule has 1 aliphatic carbocycles. The lowest BCUT2D eigenvalue weighted by molar-refractivity contribution is -0.385. The number of amides is 2. The Morgan fingerprint density at radius 3 is 2.51 bits per heavy atom. The lowest BCUT2D eigenvalue weighted by Gasteiger charge is -2.25. The number of nitro benzene ring substituents is 1. The van der Waals surface area contributed by atoms with Crippen LogP contribution in [0.2, 0.25) is 0 Å². The minimum atomic E-state index is -0.826. The second-order valence-electron chi connectivity index (χ2n) is 8.84. The van der Waals surface area contributed by atoms with Crippen LogP contribution in [0.4, 0.5) is 11.4 Å². The van der Waals surface area contributed by atoms with Crippen LogP contribution in [-0.2, 0) is 14.3 Å². The van der Waals surface area contributed by atoms with Gasteiger partial charge in [0.05, 0.1) is 35.1 Å². The van der Waals surface area contributed by atoms with Gasteiger partial charge >= 0.3 is 11.7 Å². The molecule has 0 N–H and O–H groups in total. The van der Waals surface area contributed by atoms with Crippen LogP contribution in [0.3, 0.4) is 0 Å². The molecule has 0 bridgehead atoms. The monoisotopic (exact) mass is 480 g/mol. The fourth-order valence-electron chi connectivity index (χ4n) is 4.72. The highest BCUT2D eigenvalue weighted by Gasteiger charge is 2.50. The summed E-state index contributed by atoms with van der Waals surface area (Å²) in [6.45, 7) is 1.43. The van der Waals surface area contributed by atoms with Crippen molar-refractivity contribution in [2.24, 2.45) is 17.8 Å². The Balaban J connectivity index is 1.46. The number of hydrogen-bond acceptors (Lipinski definition) is 8. The molecular formula is C25H24N2O8. The van der Waals surface area contributed by atoms with Crippen molar-refractivity contribution in [1.82, 2.24) is 0 Å². The average Bonchev–Trinajstić information content (AvgIpc) is 3.10. The first-order valence-electron chi connectivity index (χ1n) is 11.2. The molecule has 1 saturated carbocycles. The van der Waals surface area contributed by atoms with Crippen molar-refractivity contribution in [1.29, 1.82) is 0 Å².